The molecule has 0 heterocycles. The molecule has 0 atom stereocenters. The van der Waals surface area contributed by atoms with Gasteiger partial charge in [-0.1, -0.05) is 72.8 Å². The zero-order chi connectivity index (χ0) is 33.0. The second-order valence-electron chi connectivity index (χ2n) is 11.0. The Bertz CT molecular complexity index is 1800. The lowest BCUT2D eigenvalue weighted by Gasteiger charge is -2.15. The van der Waals surface area contributed by atoms with Gasteiger partial charge in [-0.15, -0.1) is 0 Å². The fourth-order valence-electron chi connectivity index (χ4n) is 5.41. The lowest BCUT2D eigenvalue weighted by Crippen LogP contribution is -2.14. The lowest BCUT2D eigenvalue weighted by atomic mass is 10.1. The van der Waals surface area contributed by atoms with Crippen molar-refractivity contribution in [3.63, 3.8) is 0 Å². The minimum Gasteiger partial charge on any atom is -0.493 e. The van der Waals surface area contributed by atoms with E-state index >= 15 is 0 Å². The molecule has 48 heavy (non-hydrogen) atoms. The van der Waals surface area contributed by atoms with Gasteiger partial charge < -0.3 is 37.9 Å². The SMILES string of the molecule is COc1cc2ccccc2cc1OCCOCCOc1cc2ccccc2cc1OCCOCCOc1cc2ccccc2cc1OC. The van der Waals surface area contributed by atoms with Gasteiger partial charge in [0.1, 0.15) is 26.4 Å². The van der Waals surface area contributed by atoms with Crippen LogP contribution < -0.4 is 28.4 Å². The van der Waals surface area contributed by atoms with Crippen molar-refractivity contribution in [3.05, 3.63) is 109 Å². The van der Waals surface area contributed by atoms with Crippen LogP contribution >= 0.6 is 0 Å². The maximum absolute atomic E-state index is 6.11. The molecule has 0 fully saturated rings. The Morgan fingerprint density at radius 3 is 0.792 bits per heavy atom. The zero-order valence-electron chi connectivity index (χ0n) is 27.3. The molecule has 8 nitrogen and oxygen atoms in total. The third kappa shape index (κ3) is 8.39. The molecule has 0 bridgehead atoms. The fourth-order valence-corrected chi connectivity index (χ4v) is 5.41. The number of hydrogen-bond donors (Lipinski definition) is 0. The van der Waals surface area contributed by atoms with Gasteiger partial charge in [-0.25, -0.2) is 0 Å². The summed E-state index contributed by atoms with van der Waals surface area (Å²) in [5.41, 5.74) is 0. The van der Waals surface area contributed by atoms with Crippen molar-refractivity contribution in [2.24, 2.45) is 0 Å². The van der Waals surface area contributed by atoms with Crippen molar-refractivity contribution in [3.8, 4) is 34.5 Å². The van der Waals surface area contributed by atoms with Gasteiger partial charge >= 0.3 is 0 Å². The van der Waals surface area contributed by atoms with Gasteiger partial charge in [-0.3, -0.25) is 0 Å². The molecule has 0 N–H and O–H groups in total. The van der Waals surface area contributed by atoms with Crippen LogP contribution in [0.4, 0.5) is 0 Å². The molecular formula is C40H40O8. The molecule has 0 saturated heterocycles. The summed E-state index contributed by atoms with van der Waals surface area (Å²) in [4.78, 5) is 0. The summed E-state index contributed by atoms with van der Waals surface area (Å²) in [6, 6.07) is 36.2. The standard InChI is InChI=1S/C40H40O8/c1-41-35-23-29-9-3-5-11-31(29)25-37(35)45-19-15-43-17-21-47-39-27-33-13-7-8-14-34(33)28-40(39)48-22-18-44-16-20-46-38-26-32-12-6-4-10-30(32)24-36(38)42-2/h3-14,23-28H,15-22H2,1-2H3. The van der Waals surface area contributed by atoms with Crippen LogP contribution in [0.3, 0.4) is 0 Å². The van der Waals surface area contributed by atoms with Gasteiger partial charge in [-0.05, 0) is 68.7 Å². The molecular weight excluding hydrogens is 608 g/mol. The minimum absolute atomic E-state index is 0.361. The second kappa shape index (κ2) is 16.6. The molecule has 0 aromatic heterocycles. The van der Waals surface area contributed by atoms with E-state index in [1.807, 2.05) is 84.9 Å². The van der Waals surface area contributed by atoms with Gasteiger partial charge in [0.15, 0.2) is 34.5 Å². The Labute approximate surface area is 280 Å². The molecule has 0 saturated carbocycles. The maximum Gasteiger partial charge on any atom is 0.161 e. The van der Waals surface area contributed by atoms with Crippen molar-refractivity contribution in [1.82, 2.24) is 0 Å². The molecule has 0 aliphatic heterocycles. The Balaban J connectivity index is 0.937. The molecule has 0 aliphatic carbocycles. The van der Waals surface area contributed by atoms with E-state index in [9.17, 15) is 0 Å². The van der Waals surface area contributed by atoms with Gasteiger partial charge in [0.25, 0.3) is 0 Å². The van der Waals surface area contributed by atoms with Gasteiger partial charge in [-0.2, -0.15) is 0 Å². The van der Waals surface area contributed by atoms with Gasteiger partial charge in [0.05, 0.1) is 40.6 Å². The van der Waals surface area contributed by atoms with Gasteiger partial charge in [0, 0.05) is 0 Å². The molecule has 0 unspecified atom stereocenters. The predicted molar refractivity (Wildman–Crippen MR) is 189 cm³/mol. The monoisotopic (exact) mass is 648 g/mol. The quantitative estimate of drug-likeness (QED) is 0.0866. The first-order valence-corrected chi connectivity index (χ1v) is 16.0. The second-order valence-corrected chi connectivity index (χ2v) is 11.0. The van der Waals surface area contributed by atoms with Crippen LogP contribution in [0.2, 0.25) is 0 Å². The highest BCUT2D eigenvalue weighted by atomic mass is 16.6. The summed E-state index contributed by atoms with van der Waals surface area (Å²) in [5.74, 6) is 4.08. The number of fused-ring (bicyclic) bond motifs is 3. The average molecular weight is 649 g/mol. The van der Waals surface area contributed by atoms with E-state index in [1.54, 1.807) is 14.2 Å². The number of rotatable bonds is 18. The number of methoxy groups -OCH3 is 2. The smallest absolute Gasteiger partial charge is 0.161 e. The Hall–Kier alpha value is -5.18. The Kier molecular flexibility index (Phi) is 11.3. The van der Waals surface area contributed by atoms with E-state index in [0.29, 0.717) is 87.4 Å². The van der Waals surface area contributed by atoms with Crippen LogP contribution in [-0.4, -0.2) is 67.1 Å². The summed E-state index contributed by atoms with van der Waals surface area (Å²) in [5, 5.41) is 6.52. The molecule has 0 radical (unpaired) electrons. The van der Waals surface area contributed by atoms with Crippen LogP contribution in [0.25, 0.3) is 32.3 Å². The van der Waals surface area contributed by atoms with Gasteiger partial charge in [0.2, 0.25) is 0 Å². The van der Waals surface area contributed by atoms with Crippen molar-refractivity contribution < 1.29 is 37.9 Å². The Morgan fingerprint density at radius 2 is 0.542 bits per heavy atom. The van der Waals surface area contributed by atoms with E-state index in [-0.39, 0.29) is 0 Å². The summed E-state index contributed by atoms with van der Waals surface area (Å²) in [6.07, 6.45) is 0. The summed E-state index contributed by atoms with van der Waals surface area (Å²) in [6.45, 7) is 3.12. The predicted octanol–water partition coefficient (Wildman–Crippen LogP) is 8.11. The van der Waals surface area contributed by atoms with Crippen LogP contribution in [0.1, 0.15) is 0 Å². The highest BCUT2D eigenvalue weighted by molar-refractivity contribution is 5.87. The maximum atomic E-state index is 6.11. The third-order valence-electron chi connectivity index (χ3n) is 7.82. The van der Waals surface area contributed by atoms with Crippen molar-refractivity contribution in [1.29, 1.82) is 0 Å². The number of benzene rings is 6. The molecule has 6 rings (SSSR count). The number of hydrogen-bond acceptors (Lipinski definition) is 8. The first-order chi connectivity index (χ1) is 23.7. The van der Waals surface area contributed by atoms with Crippen LogP contribution in [-0.2, 0) is 9.47 Å². The van der Waals surface area contributed by atoms with Crippen molar-refractivity contribution in [2.75, 3.05) is 67.1 Å². The minimum atomic E-state index is 0.361. The van der Waals surface area contributed by atoms with Crippen molar-refractivity contribution >= 4 is 32.3 Å². The first kappa shape index (κ1) is 32.7. The molecule has 0 aliphatic rings. The van der Waals surface area contributed by atoms with E-state index in [1.165, 1.54) is 0 Å². The largest absolute Gasteiger partial charge is 0.493 e. The highest BCUT2D eigenvalue weighted by Crippen LogP contribution is 2.34. The van der Waals surface area contributed by atoms with Crippen LogP contribution in [0, 0.1) is 0 Å². The summed E-state index contributed by atoms with van der Waals surface area (Å²) < 4.78 is 46.8. The fraction of sp³-hybridized carbons (Fsp3) is 0.250. The molecule has 6 aromatic rings. The average Bonchev–Trinajstić information content (AvgIpc) is 3.13. The third-order valence-corrected chi connectivity index (χ3v) is 7.82. The molecule has 248 valence electrons. The van der Waals surface area contributed by atoms with Crippen LogP contribution in [0.15, 0.2) is 109 Å². The Morgan fingerprint density at radius 1 is 0.312 bits per heavy atom. The first-order valence-electron chi connectivity index (χ1n) is 16.0. The van der Waals surface area contributed by atoms with E-state index in [2.05, 4.69) is 24.3 Å². The summed E-state index contributed by atoms with van der Waals surface area (Å²) in [7, 11) is 3.29. The molecule has 6 aromatic carbocycles. The molecule has 0 spiro atoms. The topological polar surface area (TPSA) is 73.8 Å². The highest BCUT2D eigenvalue weighted by Gasteiger charge is 2.10. The zero-order valence-corrected chi connectivity index (χ0v) is 27.3. The van der Waals surface area contributed by atoms with Crippen LogP contribution in [0.5, 0.6) is 34.5 Å². The lowest BCUT2D eigenvalue weighted by molar-refractivity contribution is 0.0694. The molecule has 8 heteroatoms. The van der Waals surface area contributed by atoms with Crippen molar-refractivity contribution in [2.45, 2.75) is 0 Å². The molecule has 0 amide bonds. The normalized spacial score (nSPS) is 11.1. The summed E-state index contributed by atoms with van der Waals surface area (Å²) >= 11 is 0. The number of ether oxygens (including phenoxy) is 8. The van der Waals surface area contributed by atoms with E-state index in [4.69, 9.17) is 37.9 Å². The van der Waals surface area contributed by atoms with E-state index < -0.39 is 0 Å². The van der Waals surface area contributed by atoms with E-state index in [0.717, 1.165) is 32.3 Å².